The van der Waals surface area contributed by atoms with E-state index in [4.69, 9.17) is 0 Å². The summed E-state index contributed by atoms with van der Waals surface area (Å²) in [6.45, 7) is 12.6. The minimum Gasteiger partial charge on any atom is -0.771 e. The topological polar surface area (TPSA) is 98.7 Å². The molecule has 156 valence electrons. The largest absolute Gasteiger partial charge is 1.00 e. The van der Waals surface area contributed by atoms with Crippen LogP contribution < -0.4 is 77.9 Å². The molecule has 10 heteroatoms. The van der Waals surface area contributed by atoms with Gasteiger partial charge in [0.25, 0.3) is 0 Å². The molecule has 0 radical (unpaired) electrons. The third-order valence-electron chi connectivity index (χ3n) is 3.84. The molecule has 0 bridgehead atoms. The molecule has 6 nitrogen and oxygen atoms in total. The zero-order chi connectivity index (χ0) is 21.5. The van der Waals surface area contributed by atoms with Crippen LogP contribution in [0.1, 0.15) is 52.7 Å². The molecule has 0 heterocycles. The SMILES string of the molecule is CC(C)(C)c1ccc(O[PH](=O)[O-])cc1.CC(C)(C)c1ccc(O[PH](=O)[O-])cc1.[Na+].[Na+]. The van der Waals surface area contributed by atoms with Crippen molar-refractivity contribution in [3.63, 3.8) is 0 Å². The Morgan fingerprint density at radius 1 is 0.600 bits per heavy atom. The van der Waals surface area contributed by atoms with Gasteiger partial charge in [-0.1, -0.05) is 65.8 Å². The zero-order valence-corrected chi connectivity index (χ0v) is 25.1. The summed E-state index contributed by atoms with van der Waals surface area (Å²) in [6, 6.07) is 14.2. The Bertz CT molecular complexity index is 729. The first-order valence-electron chi connectivity index (χ1n) is 8.78. The van der Waals surface area contributed by atoms with Gasteiger partial charge in [-0.2, -0.15) is 0 Å². The molecule has 0 saturated carbocycles. The Hall–Kier alpha value is 0.420. The maximum Gasteiger partial charge on any atom is 1.00 e. The summed E-state index contributed by atoms with van der Waals surface area (Å²) in [6.07, 6.45) is 0. The van der Waals surface area contributed by atoms with Crippen LogP contribution in [0.25, 0.3) is 0 Å². The van der Waals surface area contributed by atoms with E-state index in [1.54, 1.807) is 24.3 Å². The van der Waals surface area contributed by atoms with E-state index in [0.717, 1.165) is 11.1 Å². The Kier molecular flexibility index (Phi) is 15.8. The van der Waals surface area contributed by atoms with Crippen molar-refractivity contribution in [1.82, 2.24) is 0 Å². The van der Waals surface area contributed by atoms with Crippen molar-refractivity contribution in [1.29, 1.82) is 0 Å². The molecule has 0 aromatic heterocycles. The second-order valence-corrected chi connectivity index (χ2v) is 9.66. The molecule has 0 aliphatic carbocycles. The molecule has 30 heavy (non-hydrogen) atoms. The van der Waals surface area contributed by atoms with E-state index in [-0.39, 0.29) is 69.9 Å². The molecule has 2 unspecified atom stereocenters. The summed E-state index contributed by atoms with van der Waals surface area (Å²) in [5.41, 5.74) is 2.44. The molecule has 0 saturated heterocycles. The van der Waals surface area contributed by atoms with E-state index < -0.39 is 16.5 Å². The number of rotatable bonds is 4. The average molecular weight is 472 g/mol. The molecule has 2 aromatic carbocycles. The van der Waals surface area contributed by atoms with Crippen molar-refractivity contribution in [2.75, 3.05) is 0 Å². The van der Waals surface area contributed by atoms with E-state index >= 15 is 0 Å². The Labute approximate surface area is 225 Å². The van der Waals surface area contributed by atoms with Crippen LogP contribution in [0.4, 0.5) is 0 Å². The third kappa shape index (κ3) is 13.1. The second-order valence-electron chi connectivity index (χ2n) is 8.25. The molecule has 2 rings (SSSR count). The fourth-order valence-corrected chi connectivity index (χ4v) is 2.90. The van der Waals surface area contributed by atoms with E-state index in [1.807, 2.05) is 24.3 Å². The molecule has 0 N–H and O–H groups in total. The first-order valence-corrected chi connectivity index (χ1v) is 11.2. The molecule has 0 fully saturated rings. The molecular weight excluding hydrogens is 444 g/mol. The Balaban J connectivity index is 0. The normalized spacial score (nSPS) is 12.8. The summed E-state index contributed by atoms with van der Waals surface area (Å²) in [5.74, 6) is 0.744. The van der Waals surface area contributed by atoms with Gasteiger partial charge in [-0.15, -0.1) is 0 Å². The third-order valence-corrected chi connectivity index (χ3v) is 4.65. The van der Waals surface area contributed by atoms with Crippen molar-refractivity contribution in [2.24, 2.45) is 0 Å². The maximum atomic E-state index is 10.3. The van der Waals surface area contributed by atoms with Crippen LogP contribution in [0.5, 0.6) is 11.5 Å². The van der Waals surface area contributed by atoms with Crippen LogP contribution >= 0.6 is 16.5 Å². The Morgan fingerprint density at radius 3 is 1.00 bits per heavy atom. The van der Waals surface area contributed by atoms with Crippen LogP contribution in [0.2, 0.25) is 0 Å². The van der Waals surface area contributed by atoms with Crippen LogP contribution in [-0.4, -0.2) is 0 Å². The minimum absolute atomic E-state index is 0. The number of hydrogen-bond donors (Lipinski definition) is 0. The zero-order valence-electron chi connectivity index (χ0n) is 19.1. The van der Waals surface area contributed by atoms with Gasteiger partial charge in [-0.3, -0.25) is 9.13 Å². The predicted molar refractivity (Wildman–Crippen MR) is 110 cm³/mol. The second kappa shape index (κ2) is 14.5. The molecule has 0 aliphatic heterocycles. The fraction of sp³-hybridized carbons (Fsp3) is 0.400. The van der Waals surface area contributed by atoms with Crippen LogP contribution in [0.15, 0.2) is 48.5 Å². The monoisotopic (exact) mass is 472 g/mol. The Morgan fingerprint density at radius 2 is 0.833 bits per heavy atom. The van der Waals surface area contributed by atoms with Gasteiger partial charge in [0.15, 0.2) is 16.5 Å². The summed E-state index contributed by atoms with van der Waals surface area (Å²) >= 11 is 0. The van der Waals surface area contributed by atoms with E-state index in [9.17, 15) is 18.9 Å². The van der Waals surface area contributed by atoms with Gasteiger partial charge in [0.1, 0.15) is 11.5 Å². The predicted octanol–water partition coefficient (Wildman–Crippen LogP) is -1.77. The summed E-state index contributed by atoms with van der Waals surface area (Å²) in [7, 11) is -6.27. The molecule has 0 spiro atoms. The quantitative estimate of drug-likeness (QED) is 0.386. The summed E-state index contributed by atoms with van der Waals surface area (Å²) < 4.78 is 29.7. The van der Waals surface area contributed by atoms with Gasteiger partial charge in [-0.25, -0.2) is 0 Å². The average Bonchev–Trinajstić information content (AvgIpc) is 2.53. The molecular formula is C20H28Na2O6P2. The number of hydrogen-bond acceptors (Lipinski definition) is 6. The molecule has 0 amide bonds. The van der Waals surface area contributed by atoms with Crippen molar-refractivity contribution in [3.8, 4) is 11.5 Å². The van der Waals surface area contributed by atoms with Gasteiger partial charge >= 0.3 is 59.1 Å². The minimum atomic E-state index is -3.13. The molecule has 2 aromatic rings. The fourth-order valence-electron chi connectivity index (χ4n) is 2.24. The van der Waals surface area contributed by atoms with Gasteiger partial charge in [0, 0.05) is 0 Å². The van der Waals surface area contributed by atoms with E-state index in [0.29, 0.717) is 11.5 Å². The summed E-state index contributed by atoms with van der Waals surface area (Å²) in [5, 5.41) is 0. The number of benzene rings is 2. The van der Waals surface area contributed by atoms with Crippen LogP contribution in [0.3, 0.4) is 0 Å². The van der Waals surface area contributed by atoms with Gasteiger partial charge < -0.3 is 18.8 Å². The first-order chi connectivity index (χ1) is 12.8. The van der Waals surface area contributed by atoms with Gasteiger partial charge in [0.05, 0.1) is 0 Å². The van der Waals surface area contributed by atoms with Crippen molar-refractivity contribution in [2.45, 2.75) is 52.4 Å². The first kappa shape index (κ1) is 32.6. The smallest absolute Gasteiger partial charge is 0.771 e. The van der Waals surface area contributed by atoms with Crippen LogP contribution in [0, 0.1) is 0 Å². The van der Waals surface area contributed by atoms with Crippen molar-refractivity contribution >= 4 is 16.5 Å². The maximum absolute atomic E-state index is 10.3. The summed E-state index contributed by atoms with van der Waals surface area (Å²) in [4.78, 5) is 20.6. The van der Waals surface area contributed by atoms with E-state index in [1.165, 1.54) is 0 Å². The standard InChI is InChI=1S/2C10H15O3P.2Na/c2*1-10(2,3)8-4-6-9(7-5-8)13-14(11)12;;/h2*4-7,14H,1-3H3,(H,11,12);;/q;;2*+1/p-2. The molecule has 2 atom stereocenters. The van der Waals surface area contributed by atoms with Crippen molar-refractivity contribution < 1.29 is 87.1 Å². The van der Waals surface area contributed by atoms with Gasteiger partial charge in [0.2, 0.25) is 0 Å². The van der Waals surface area contributed by atoms with Crippen molar-refractivity contribution in [3.05, 3.63) is 59.7 Å². The van der Waals surface area contributed by atoms with E-state index in [2.05, 4.69) is 50.6 Å². The van der Waals surface area contributed by atoms with Crippen LogP contribution in [-0.2, 0) is 20.0 Å². The van der Waals surface area contributed by atoms with Gasteiger partial charge in [-0.05, 0) is 46.2 Å². The molecule has 0 aliphatic rings.